The number of fused-ring (bicyclic) bond motifs is 2. The third-order valence-corrected chi connectivity index (χ3v) is 4.77. The largest absolute Gasteiger partial charge is 0.497 e. The van der Waals surface area contributed by atoms with Crippen LogP contribution in [0.15, 0.2) is 60.7 Å². The SMILES string of the molecule is CCOc1ccc2c(c1)C(C#N)=CCC2.COc1ccc2cccc(C#N)c2c1. The Morgan fingerprint density at radius 3 is 2.52 bits per heavy atom. The van der Waals surface area contributed by atoms with Gasteiger partial charge in [-0.25, -0.2) is 0 Å². The highest BCUT2D eigenvalue weighted by Crippen LogP contribution is 2.29. The van der Waals surface area contributed by atoms with Crippen LogP contribution < -0.4 is 9.47 Å². The van der Waals surface area contributed by atoms with Gasteiger partial charge in [0.15, 0.2) is 0 Å². The minimum absolute atomic E-state index is 0.657. The van der Waals surface area contributed by atoms with Gasteiger partial charge in [-0.3, -0.25) is 0 Å². The summed E-state index contributed by atoms with van der Waals surface area (Å²) < 4.78 is 10.5. The van der Waals surface area contributed by atoms with Crippen LogP contribution in [-0.2, 0) is 6.42 Å². The average molecular weight is 382 g/mol. The van der Waals surface area contributed by atoms with Crippen molar-refractivity contribution in [3.63, 3.8) is 0 Å². The number of aryl methyl sites for hydroxylation is 1. The quantitative estimate of drug-likeness (QED) is 0.586. The van der Waals surface area contributed by atoms with Crippen molar-refractivity contribution in [3.05, 3.63) is 77.4 Å². The number of benzene rings is 3. The number of nitrogens with zero attached hydrogens (tertiary/aromatic N) is 2. The maximum absolute atomic E-state index is 9.00. The third kappa shape index (κ3) is 4.57. The van der Waals surface area contributed by atoms with Gasteiger partial charge in [-0.1, -0.05) is 30.3 Å². The van der Waals surface area contributed by atoms with E-state index in [1.165, 1.54) is 5.56 Å². The Hall–Kier alpha value is -3.76. The third-order valence-electron chi connectivity index (χ3n) is 4.77. The highest BCUT2D eigenvalue weighted by Gasteiger charge is 2.12. The van der Waals surface area contributed by atoms with Crippen molar-refractivity contribution in [2.24, 2.45) is 0 Å². The van der Waals surface area contributed by atoms with Crippen LogP contribution in [0.2, 0.25) is 0 Å². The van der Waals surface area contributed by atoms with Crippen molar-refractivity contribution in [2.75, 3.05) is 13.7 Å². The molecule has 0 spiro atoms. The van der Waals surface area contributed by atoms with E-state index in [9.17, 15) is 0 Å². The minimum atomic E-state index is 0.657. The van der Waals surface area contributed by atoms with E-state index >= 15 is 0 Å². The van der Waals surface area contributed by atoms with Gasteiger partial charge in [0, 0.05) is 5.39 Å². The lowest BCUT2D eigenvalue weighted by Crippen LogP contribution is -2.00. The Kier molecular flexibility index (Phi) is 6.51. The molecule has 0 fully saturated rings. The molecule has 29 heavy (non-hydrogen) atoms. The van der Waals surface area contributed by atoms with Crippen LogP contribution in [0.4, 0.5) is 0 Å². The fourth-order valence-electron chi connectivity index (χ4n) is 3.34. The molecule has 0 heterocycles. The molecule has 0 N–H and O–H groups in total. The van der Waals surface area contributed by atoms with E-state index in [1.54, 1.807) is 7.11 Å². The van der Waals surface area contributed by atoms with Gasteiger partial charge in [-0.05, 0) is 66.6 Å². The highest BCUT2D eigenvalue weighted by molar-refractivity contribution is 5.89. The summed E-state index contributed by atoms with van der Waals surface area (Å²) in [6.07, 6.45) is 3.98. The number of methoxy groups -OCH3 is 1. The lowest BCUT2D eigenvalue weighted by molar-refractivity contribution is 0.340. The molecule has 3 aromatic carbocycles. The van der Waals surface area contributed by atoms with E-state index in [1.807, 2.05) is 61.5 Å². The van der Waals surface area contributed by atoms with Gasteiger partial charge in [-0.2, -0.15) is 10.5 Å². The van der Waals surface area contributed by atoms with Crippen LogP contribution in [0.1, 0.15) is 30.0 Å². The van der Waals surface area contributed by atoms with Gasteiger partial charge in [0.05, 0.1) is 37.0 Å². The van der Waals surface area contributed by atoms with Crippen molar-refractivity contribution in [3.8, 4) is 23.6 Å². The number of allylic oxidation sites excluding steroid dienone is 2. The second-order valence-electron chi connectivity index (χ2n) is 6.52. The lowest BCUT2D eigenvalue weighted by Gasteiger charge is -2.14. The molecule has 0 bridgehead atoms. The van der Waals surface area contributed by atoms with Crippen LogP contribution in [0.3, 0.4) is 0 Å². The summed E-state index contributed by atoms with van der Waals surface area (Å²) in [5, 5.41) is 19.9. The molecule has 0 radical (unpaired) electrons. The summed E-state index contributed by atoms with van der Waals surface area (Å²) in [4.78, 5) is 0. The first-order chi connectivity index (χ1) is 14.2. The summed E-state index contributed by atoms with van der Waals surface area (Å²) in [5.74, 6) is 1.62. The molecule has 0 atom stereocenters. The molecule has 0 saturated carbocycles. The Morgan fingerprint density at radius 2 is 1.79 bits per heavy atom. The molecule has 4 heteroatoms. The van der Waals surface area contributed by atoms with Crippen LogP contribution in [0.25, 0.3) is 16.3 Å². The van der Waals surface area contributed by atoms with E-state index in [-0.39, 0.29) is 0 Å². The maximum Gasteiger partial charge on any atom is 0.119 e. The fourth-order valence-corrected chi connectivity index (χ4v) is 3.34. The highest BCUT2D eigenvalue weighted by atomic mass is 16.5. The average Bonchev–Trinajstić information content (AvgIpc) is 2.78. The second kappa shape index (κ2) is 9.44. The van der Waals surface area contributed by atoms with E-state index in [4.69, 9.17) is 20.0 Å². The second-order valence-corrected chi connectivity index (χ2v) is 6.52. The van der Waals surface area contributed by atoms with Gasteiger partial charge in [0.1, 0.15) is 11.5 Å². The molecule has 1 aliphatic rings. The van der Waals surface area contributed by atoms with Crippen LogP contribution in [0, 0.1) is 22.7 Å². The molecule has 0 amide bonds. The van der Waals surface area contributed by atoms with Crippen molar-refractivity contribution in [1.82, 2.24) is 0 Å². The molecular weight excluding hydrogens is 360 g/mol. The van der Waals surface area contributed by atoms with Gasteiger partial charge >= 0.3 is 0 Å². The summed E-state index contributed by atoms with van der Waals surface area (Å²) in [5.41, 5.74) is 3.74. The maximum atomic E-state index is 9.00. The van der Waals surface area contributed by atoms with Gasteiger partial charge in [0.25, 0.3) is 0 Å². The van der Waals surface area contributed by atoms with E-state index in [0.717, 1.165) is 46.2 Å². The predicted molar refractivity (Wildman–Crippen MR) is 115 cm³/mol. The molecular formula is C25H22N2O2. The minimum Gasteiger partial charge on any atom is -0.497 e. The van der Waals surface area contributed by atoms with Crippen molar-refractivity contribution in [2.45, 2.75) is 19.8 Å². The Bertz CT molecular complexity index is 1130. The first-order valence-corrected chi connectivity index (χ1v) is 9.53. The number of rotatable bonds is 3. The van der Waals surface area contributed by atoms with Gasteiger partial charge < -0.3 is 9.47 Å². The van der Waals surface area contributed by atoms with Crippen molar-refractivity contribution < 1.29 is 9.47 Å². The lowest BCUT2D eigenvalue weighted by atomic mass is 9.91. The number of nitriles is 2. The van der Waals surface area contributed by atoms with Crippen LogP contribution in [0.5, 0.6) is 11.5 Å². The van der Waals surface area contributed by atoms with Crippen molar-refractivity contribution >= 4 is 16.3 Å². The van der Waals surface area contributed by atoms with E-state index in [0.29, 0.717) is 12.2 Å². The molecule has 1 aliphatic carbocycles. The Labute approximate surface area is 171 Å². The predicted octanol–water partition coefficient (Wildman–Crippen LogP) is 5.66. The molecule has 0 unspecified atom stereocenters. The smallest absolute Gasteiger partial charge is 0.119 e. The summed E-state index contributed by atoms with van der Waals surface area (Å²) in [7, 11) is 1.62. The standard InChI is InChI=1S/C13H13NO.C12H9NO/c1-2-15-12-7-6-10-4-3-5-11(9-14)13(10)8-12;1-14-11-6-5-9-3-2-4-10(8-13)12(9)7-11/h5-8H,2-4H2,1H3;2-7H,1H3. The Morgan fingerprint density at radius 1 is 0.966 bits per heavy atom. The monoisotopic (exact) mass is 382 g/mol. The molecule has 0 aromatic heterocycles. The number of ether oxygens (including phenoxy) is 2. The molecule has 3 aromatic rings. The molecule has 4 nitrogen and oxygen atoms in total. The summed E-state index contributed by atoms with van der Waals surface area (Å²) >= 11 is 0. The zero-order valence-electron chi connectivity index (χ0n) is 16.6. The summed E-state index contributed by atoms with van der Waals surface area (Å²) in [6.45, 7) is 2.62. The first kappa shape index (κ1) is 20.0. The number of hydrogen-bond acceptors (Lipinski definition) is 4. The van der Waals surface area contributed by atoms with E-state index < -0.39 is 0 Å². The van der Waals surface area contributed by atoms with Crippen LogP contribution in [-0.4, -0.2) is 13.7 Å². The van der Waals surface area contributed by atoms with Crippen LogP contribution >= 0.6 is 0 Å². The molecule has 144 valence electrons. The Balaban J connectivity index is 0.000000166. The first-order valence-electron chi connectivity index (χ1n) is 9.53. The molecule has 4 rings (SSSR count). The van der Waals surface area contributed by atoms with Gasteiger partial charge in [0.2, 0.25) is 0 Å². The van der Waals surface area contributed by atoms with E-state index in [2.05, 4.69) is 18.2 Å². The van der Waals surface area contributed by atoms with Crippen molar-refractivity contribution in [1.29, 1.82) is 10.5 Å². The fraction of sp³-hybridized carbons (Fsp3) is 0.200. The number of hydrogen-bond donors (Lipinski definition) is 0. The zero-order valence-corrected chi connectivity index (χ0v) is 16.6. The topological polar surface area (TPSA) is 66.0 Å². The summed E-state index contributed by atoms with van der Waals surface area (Å²) in [6, 6.07) is 21.8. The molecule has 0 aliphatic heterocycles. The normalized spacial score (nSPS) is 11.8. The van der Waals surface area contributed by atoms with Gasteiger partial charge in [-0.15, -0.1) is 0 Å². The zero-order chi connectivity index (χ0) is 20.6. The molecule has 0 saturated heterocycles.